The third-order valence-corrected chi connectivity index (χ3v) is 4.82. The van der Waals surface area contributed by atoms with E-state index in [0.29, 0.717) is 11.5 Å². The lowest BCUT2D eigenvalue weighted by atomic mass is 10.1. The summed E-state index contributed by atoms with van der Waals surface area (Å²) in [5.74, 6) is -1.85. The molecular weight excluding hydrogens is 429 g/mol. The molecule has 2 aromatic heterocycles. The van der Waals surface area contributed by atoms with Gasteiger partial charge in [-0.3, -0.25) is 4.79 Å². The van der Waals surface area contributed by atoms with Gasteiger partial charge in [-0.15, -0.1) is 0 Å². The van der Waals surface area contributed by atoms with Crippen LogP contribution in [0.25, 0.3) is 11.5 Å². The first-order valence-corrected chi connectivity index (χ1v) is 9.84. The van der Waals surface area contributed by atoms with Crippen LogP contribution in [-0.2, 0) is 9.47 Å². The number of benzene rings is 2. The second-order valence-corrected chi connectivity index (χ2v) is 6.93. The molecule has 0 N–H and O–H groups in total. The lowest BCUT2D eigenvalue weighted by Crippen LogP contribution is -2.16. The van der Waals surface area contributed by atoms with E-state index in [2.05, 4.69) is 9.84 Å². The first-order chi connectivity index (χ1) is 16.0. The van der Waals surface area contributed by atoms with Crippen LogP contribution < -0.4 is 0 Å². The average molecular weight is 447 g/mol. The molecular formula is C24H18FN3O5. The van der Waals surface area contributed by atoms with Gasteiger partial charge in [-0.2, -0.15) is 5.10 Å². The van der Waals surface area contributed by atoms with Crippen LogP contribution in [0.4, 0.5) is 4.39 Å². The van der Waals surface area contributed by atoms with Gasteiger partial charge in [0.1, 0.15) is 11.4 Å². The second kappa shape index (κ2) is 9.31. The van der Waals surface area contributed by atoms with Crippen molar-refractivity contribution in [3.05, 3.63) is 102 Å². The van der Waals surface area contributed by atoms with E-state index in [1.165, 1.54) is 66.5 Å². The Balaban J connectivity index is 1.57. The number of Topliss-reactive ketones (excluding diaryl/α,β-unsaturated/α-hetero) is 1. The summed E-state index contributed by atoms with van der Waals surface area (Å²) in [6.07, 6.45) is 4.76. The molecule has 2 aromatic carbocycles. The van der Waals surface area contributed by atoms with E-state index in [-0.39, 0.29) is 16.7 Å². The maximum Gasteiger partial charge on any atom is 0.344 e. The van der Waals surface area contributed by atoms with E-state index in [4.69, 9.17) is 4.74 Å². The Kier molecular flexibility index (Phi) is 6.12. The van der Waals surface area contributed by atoms with Gasteiger partial charge in [0.05, 0.1) is 24.6 Å². The fraction of sp³-hybridized carbons (Fsp3) is 0.0833. The zero-order chi connectivity index (χ0) is 23.4. The van der Waals surface area contributed by atoms with Crippen LogP contribution in [-0.4, -0.2) is 45.8 Å². The summed E-state index contributed by atoms with van der Waals surface area (Å²) in [6.45, 7) is -0.531. The van der Waals surface area contributed by atoms with Crippen LogP contribution in [0, 0.1) is 5.82 Å². The molecule has 0 aliphatic heterocycles. The molecule has 2 heterocycles. The molecule has 33 heavy (non-hydrogen) atoms. The lowest BCUT2D eigenvalue weighted by molar-refractivity contribution is 0.0474. The number of carbonyl (C=O) groups is 3. The number of esters is 2. The monoisotopic (exact) mass is 447 g/mol. The Morgan fingerprint density at radius 3 is 2.33 bits per heavy atom. The van der Waals surface area contributed by atoms with Crippen molar-refractivity contribution in [2.24, 2.45) is 0 Å². The van der Waals surface area contributed by atoms with Crippen molar-refractivity contribution in [2.45, 2.75) is 0 Å². The minimum atomic E-state index is -0.760. The molecule has 8 nitrogen and oxygen atoms in total. The summed E-state index contributed by atoms with van der Waals surface area (Å²) in [6, 6.07) is 15.1. The third kappa shape index (κ3) is 4.57. The maximum atomic E-state index is 13.3. The number of ether oxygens (including phenoxy) is 2. The Labute approximate surface area is 187 Å². The summed E-state index contributed by atoms with van der Waals surface area (Å²) in [5.41, 5.74) is 1.07. The molecule has 0 amide bonds. The van der Waals surface area contributed by atoms with Crippen LogP contribution in [0.3, 0.4) is 0 Å². The molecule has 0 saturated heterocycles. The van der Waals surface area contributed by atoms with Crippen molar-refractivity contribution in [3.63, 3.8) is 0 Å². The first kappa shape index (κ1) is 21.7. The number of hydrogen-bond acceptors (Lipinski definition) is 6. The standard InChI is InChI=1S/C24H18FN3O5/c1-32-23(30)17-6-4-5-16(13-17)21(29)15-33-24(31)20-14-26-28(19-9-7-18(25)8-10-19)22(20)27-11-2-3-12-27/h2-14H,15H2,1H3. The van der Waals surface area contributed by atoms with Gasteiger partial charge in [0.25, 0.3) is 0 Å². The minimum Gasteiger partial charge on any atom is -0.465 e. The first-order valence-electron chi connectivity index (χ1n) is 9.84. The maximum absolute atomic E-state index is 13.3. The number of halogens is 1. The number of rotatable bonds is 7. The van der Waals surface area contributed by atoms with Crippen LogP contribution in [0.15, 0.2) is 79.3 Å². The molecule has 0 radical (unpaired) electrons. The summed E-state index contributed by atoms with van der Waals surface area (Å²) < 4.78 is 26.4. The quantitative estimate of drug-likeness (QED) is 0.317. The molecule has 4 rings (SSSR count). The zero-order valence-electron chi connectivity index (χ0n) is 17.5. The summed E-state index contributed by atoms with van der Waals surface area (Å²) >= 11 is 0. The Morgan fingerprint density at radius 1 is 0.939 bits per heavy atom. The predicted octanol–water partition coefficient (Wildman–Crippen LogP) is 3.63. The van der Waals surface area contributed by atoms with Gasteiger partial charge in [-0.25, -0.2) is 18.7 Å². The number of aromatic nitrogens is 3. The van der Waals surface area contributed by atoms with Gasteiger partial charge >= 0.3 is 11.9 Å². The summed E-state index contributed by atoms with van der Waals surface area (Å²) in [4.78, 5) is 37.0. The van der Waals surface area contributed by atoms with Crippen LogP contribution >= 0.6 is 0 Å². The average Bonchev–Trinajstić information content (AvgIpc) is 3.52. The van der Waals surface area contributed by atoms with E-state index in [1.807, 2.05) is 0 Å². The minimum absolute atomic E-state index is 0.117. The van der Waals surface area contributed by atoms with Gasteiger partial charge in [0.15, 0.2) is 18.2 Å². The third-order valence-electron chi connectivity index (χ3n) is 4.82. The molecule has 0 aliphatic carbocycles. The fourth-order valence-corrected chi connectivity index (χ4v) is 3.21. The topological polar surface area (TPSA) is 92.4 Å². The van der Waals surface area contributed by atoms with Crippen molar-refractivity contribution < 1.29 is 28.2 Å². The van der Waals surface area contributed by atoms with Crippen molar-refractivity contribution in [2.75, 3.05) is 13.7 Å². The number of methoxy groups -OCH3 is 1. The van der Waals surface area contributed by atoms with Crippen molar-refractivity contribution in [1.29, 1.82) is 0 Å². The van der Waals surface area contributed by atoms with Gasteiger partial charge in [0.2, 0.25) is 0 Å². The number of nitrogens with zero attached hydrogens (tertiary/aromatic N) is 3. The molecule has 0 fully saturated rings. The highest BCUT2D eigenvalue weighted by Crippen LogP contribution is 2.21. The highest BCUT2D eigenvalue weighted by molar-refractivity contribution is 6.01. The molecule has 9 heteroatoms. The summed E-state index contributed by atoms with van der Waals surface area (Å²) in [7, 11) is 1.24. The molecule has 0 spiro atoms. The van der Waals surface area contributed by atoms with Gasteiger partial charge in [-0.1, -0.05) is 12.1 Å². The van der Waals surface area contributed by atoms with Crippen LogP contribution in [0.1, 0.15) is 31.1 Å². The molecule has 0 aliphatic rings. The lowest BCUT2D eigenvalue weighted by Gasteiger charge is -2.11. The second-order valence-electron chi connectivity index (χ2n) is 6.93. The fourth-order valence-electron chi connectivity index (χ4n) is 3.21. The zero-order valence-corrected chi connectivity index (χ0v) is 17.5. The van der Waals surface area contributed by atoms with Crippen molar-refractivity contribution in [1.82, 2.24) is 14.3 Å². The number of carbonyl (C=O) groups excluding carboxylic acids is 3. The molecule has 0 bridgehead atoms. The summed E-state index contributed by atoms with van der Waals surface area (Å²) in [5, 5.41) is 4.26. The van der Waals surface area contributed by atoms with Crippen molar-refractivity contribution in [3.8, 4) is 11.5 Å². The smallest absolute Gasteiger partial charge is 0.344 e. The predicted molar refractivity (Wildman–Crippen MR) is 115 cm³/mol. The van der Waals surface area contributed by atoms with Gasteiger partial charge in [0, 0.05) is 18.0 Å². The highest BCUT2D eigenvalue weighted by atomic mass is 19.1. The van der Waals surface area contributed by atoms with E-state index in [1.54, 1.807) is 29.1 Å². The van der Waals surface area contributed by atoms with E-state index >= 15 is 0 Å². The number of hydrogen-bond donors (Lipinski definition) is 0. The van der Waals surface area contributed by atoms with Gasteiger partial charge in [-0.05, 0) is 48.5 Å². The molecule has 4 aromatic rings. The normalized spacial score (nSPS) is 10.6. The molecule has 166 valence electrons. The Morgan fingerprint density at radius 2 is 1.64 bits per heavy atom. The highest BCUT2D eigenvalue weighted by Gasteiger charge is 2.22. The van der Waals surface area contributed by atoms with Crippen LogP contribution in [0.2, 0.25) is 0 Å². The van der Waals surface area contributed by atoms with Gasteiger partial charge < -0.3 is 14.0 Å². The van der Waals surface area contributed by atoms with E-state index in [9.17, 15) is 18.8 Å². The molecule has 0 unspecified atom stereocenters. The SMILES string of the molecule is COC(=O)c1cccc(C(=O)COC(=O)c2cnn(-c3ccc(F)cc3)c2-n2cccc2)c1. The Bertz CT molecular complexity index is 1310. The van der Waals surface area contributed by atoms with Crippen molar-refractivity contribution >= 4 is 17.7 Å². The Hall–Kier alpha value is -4.53. The number of ketones is 1. The van der Waals surface area contributed by atoms with E-state index in [0.717, 1.165) is 0 Å². The molecule has 0 atom stereocenters. The largest absolute Gasteiger partial charge is 0.465 e. The molecule has 0 saturated carbocycles. The van der Waals surface area contributed by atoms with E-state index < -0.39 is 30.1 Å². The van der Waals surface area contributed by atoms with Crippen LogP contribution in [0.5, 0.6) is 0 Å².